The number of rotatable bonds is 5. The van der Waals surface area contributed by atoms with Gasteiger partial charge in [-0.15, -0.1) is 0 Å². The van der Waals surface area contributed by atoms with E-state index < -0.39 is 11.4 Å². The third kappa shape index (κ3) is 4.07. The molecule has 0 unspecified atom stereocenters. The average molecular weight is 373 g/mol. The van der Waals surface area contributed by atoms with Crippen LogP contribution in [0.5, 0.6) is 11.5 Å². The van der Waals surface area contributed by atoms with E-state index in [0.717, 1.165) is 0 Å². The predicted octanol–water partition coefficient (Wildman–Crippen LogP) is 4.19. The number of benzene rings is 2. The molecule has 0 spiro atoms. The van der Waals surface area contributed by atoms with Crippen LogP contribution in [0.25, 0.3) is 0 Å². The van der Waals surface area contributed by atoms with E-state index in [2.05, 4.69) is 20.7 Å². The third-order valence-corrected chi connectivity index (χ3v) is 3.84. The van der Waals surface area contributed by atoms with Gasteiger partial charge in [0.15, 0.2) is 11.6 Å². The number of aromatic nitrogens is 2. The molecule has 132 valence electrons. The number of ether oxygens (including phenoxy) is 1. The van der Waals surface area contributed by atoms with Gasteiger partial charge in [-0.05, 0) is 37.3 Å². The van der Waals surface area contributed by atoms with Gasteiger partial charge in [0.2, 0.25) is 0 Å². The number of hydrogen-bond donors (Lipinski definition) is 2. The maximum absolute atomic E-state index is 14.3. The van der Waals surface area contributed by atoms with Crippen LogP contribution in [-0.4, -0.2) is 15.9 Å². The molecule has 3 aromatic rings. The Morgan fingerprint density at radius 1 is 1.27 bits per heavy atom. The molecule has 0 fully saturated rings. The van der Waals surface area contributed by atoms with E-state index in [0.29, 0.717) is 17.0 Å². The van der Waals surface area contributed by atoms with Crippen LogP contribution in [0.3, 0.4) is 0 Å². The summed E-state index contributed by atoms with van der Waals surface area (Å²) in [6, 6.07) is 13.5. The highest BCUT2D eigenvalue weighted by molar-refractivity contribution is 6.32. The van der Waals surface area contributed by atoms with Crippen LogP contribution in [0, 0.1) is 5.82 Å². The molecule has 0 atom stereocenters. The molecule has 1 heterocycles. The van der Waals surface area contributed by atoms with Crippen LogP contribution >= 0.6 is 11.6 Å². The Bertz CT molecular complexity index is 1010. The van der Waals surface area contributed by atoms with Crippen LogP contribution in [0.4, 0.5) is 10.1 Å². The lowest BCUT2D eigenvalue weighted by molar-refractivity contribution is 0.442. The summed E-state index contributed by atoms with van der Waals surface area (Å²) >= 11 is 5.85. The Kier molecular flexibility index (Phi) is 5.28. The molecule has 3 rings (SSSR count). The lowest BCUT2D eigenvalue weighted by atomic mass is 10.1. The molecule has 0 amide bonds. The van der Waals surface area contributed by atoms with Crippen molar-refractivity contribution < 1.29 is 9.13 Å². The zero-order chi connectivity index (χ0) is 18.5. The number of para-hydroxylation sites is 1. The van der Waals surface area contributed by atoms with E-state index >= 15 is 0 Å². The molecule has 0 bridgehead atoms. The van der Waals surface area contributed by atoms with Crippen LogP contribution in [0.1, 0.15) is 12.5 Å². The second kappa shape index (κ2) is 7.79. The van der Waals surface area contributed by atoms with Crippen molar-refractivity contribution in [1.82, 2.24) is 10.2 Å². The second-order valence-electron chi connectivity index (χ2n) is 5.30. The van der Waals surface area contributed by atoms with Gasteiger partial charge in [-0.3, -0.25) is 10.2 Å². The molecule has 26 heavy (non-hydrogen) atoms. The second-order valence-corrected chi connectivity index (χ2v) is 5.67. The molecule has 1 aromatic heterocycles. The van der Waals surface area contributed by atoms with Crippen molar-refractivity contribution in [3.8, 4) is 11.5 Å². The van der Waals surface area contributed by atoms with Crippen molar-refractivity contribution in [1.29, 1.82) is 0 Å². The van der Waals surface area contributed by atoms with Crippen molar-refractivity contribution in [3.05, 3.63) is 81.5 Å². The quantitative estimate of drug-likeness (QED) is 0.520. The van der Waals surface area contributed by atoms with Crippen LogP contribution < -0.4 is 15.7 Å². The Balaban J connectivity index is 1.77. The summed E-state index contributed by atoms with van der Waals surface area (Å²) in [7, 11) is 0. The highest BCUT2D eigenvalue weighted by atomic mass is 35.5. The van der Waals surface area contributed by atoms with Gasteiger partial charge in [0, 0.05) is 5.56 Å². The minimum Gasteiger partial charge on any atom is -0.454 e. The van der Waals surface area contributed by atoms with Crippen LogP contribution in [0.15, 0.2) is 64.6 Å². The third-order valence-electron chi connectivity index (χ3n) is 3.46. The largest absolute Gasteiger partial charge is 0.454 e. The van der Waals surface area contributed by atoms with Crippen LogP contribution in [0.2, 0.25) is 5.02 Å². The summed E-state index contributed by atoms with van der Waals surface area (Å²) in [6.07, 6.45) is 1.33. The summed E-state index contributed by atoms with van der Waals surface area (Å²) in [6.45, 7) is 1.69. The zero-order valence-corrected chi connectivity index (χ0v) is 14.4. The van der Waals surface area contributed by atoms with Gasteiger partial charge in [0.1, 0.15) is 16.5 Å². The summed E-state index contributed by atoms with van der Waals surface area (Å²) in [5.74, 6) is 0.141. The Hall–Kier alpha value is -3.19. The minimum atomic E-state index is -0.530. The number of H-pyrrole nitrogens is 1. The smallest absolute Gasteiger partial charge is 0.285 e. The van der Waals surface area contributed by atoms with Gasteiger partial charge in [-0.25, -0.2) is 9.49 Å². The van der Waals surface area contributed by atoms with Gasteiger partial charge >= 0.3 is 0 Å². The number of hydrogen-bond acceptors (Lipinski definition) is 5. The van der Waals surface area contributed by atoms with Gasteiger partial charge in [0.25, 0.3) is 5.56 Å². The van der Waals surface area contributed by atoms with Crippen molar-refractivity contribution in [2.24, 2.45) is 5.10 Å². The number of anilines is 1. The zero-order valence-electron chi connectivity index (χ0n) is 13.7. The molecule has 2 N–H and O–H groups in total. The van der Waals surface area contributed by atoms with Gasteiger partial charge in [-0.2, -0.15) is 10.2 Å². The Morgan fingerprint density at radius 3 is 2.77 bits per heavy atom. The van der Waals surface area contributed by atoms with Crippen molar-refractivity contribution in [2.45, 2.75) is 6.92 Å². The van der Waals surface area contributed by atoms with Gasteiger partial charge < -0.3 is 4.74 Å². The Morgan fingerprint density at radius 2 is 2.04 bits per heavy atom. The fourth-order valence-electron chi connectivity index (χ4n) is 2.09. The fourth-order valence-corrected chi connectivity index (χ4v) is 2.23. The normalized spacial score (nSPS) is 11.3. The minimum absolute atomic E-state index is 0.0608. The predicted molar refractivity (Wildman–Crippen MR) is 98.6 cm³/mol. The van der Waals surface area contributed by atoms with E-state index in [4.69, 9.17) is 16.3 Å². The van der Waals surface area contributed by atoms with Crippen LogP contribution in [-0.2, 0) is 0 Å². The monoisotopic (exact) mass is 372 g/mol. The number of halogens is 2. The molecule has 0 radical (unpaired) electrons. The van der Waals surface area contributed by atoms with Crippen molar-refractivity contribution in [2.75, 3.05) is 5.43 Å². The average Bonchev–Trinajstić information content (AvgIpc) is 2.65. The van der Waals surface area contributed by atoms with Crippen molar-refractivity contribution in [3.63, 3.8) is 0 Å². The molecule has 8 heteroatoms. The highest BCUT2D eigenvalue weighted by Gasteiger charge is 2.09. The van der Waals surface area contributed by atoms with E-state index in [-0.39, 0.29) is 16.5 Å². The summed E-state index contributed by atoms with van der Waals surface area (Å²) in [5, 5.41) is 9.88. The molecule has 0 saturated heterocycles. The summed E-state index contributed by atoms with van der Waals surface area (Å²) in [4.78, 5) is 11.4. The first kappa shape index (κ1) is 17.6. The van der Waals surface area contributed by atoms with Gasteiger partial charge in [-0.1, -0.05) is 29.8 Å². The summed E-state index contributed by atoms with van der Waals surface area (Å²) in [5.41, 5.74) is 3.40. The maximum Gasteiger partial charge on any atom is 0.285 e. The van der Waals surface area contributed by atoms with Gasteiger partial charge in [0.05, 0.1) is 11.9 Å². The first-order chi connectivity index (χ1) is 12.5. The number of hydrazone groups is 1. The SMILES string of the molecule is CC(=NNc1cn[nH]c(=O)c1Cl)c1ccc(Oc2ccccc2)c(F)c1. The molecule has 6 nitrogen and oxygen atoms in total. The number of aromatic amines is 1. The molecule has 0 aliphatic heterocycles. The fraction of sp³-hybridized carbons (Fsp3) is 0.0556. The number of nitrogens with zero attached hydrogens (tertiary/aromatic N) is 2. The molecular formula is C18H14ClFN4O2. The van der Waals surface area contributed by atoms with E-state index in [1.807, 2.05) is 6.07 Å². The molecular weight excluding hydrogens is 359 g/mol. The standard InChI is InChI=1S/C18H14ClFN4O2/c1-11(22-23-15-10-21-24-18(25)17(15)19)12-7-8-16(14(20)9-12)26-13-5-3-2-4-6-13/h2-10H,1H3,(H2,23,24,25). The van der Waals surface area contributed by atoms with E-state index in [1.54, 1.807) is 37.3 Å². The molecule has 0 aliphatic carbocycles. The molecule has 0 aliphatic rings. The van der Waals surface area contributed by atoms with E-state index in [9.17, 15) is 9.18 Å². The lowest BCUT2D eigenvalue weighted by Crippen LogP contribution is -2.10. The number of nitrogens with one attached hydrogen (secondary N) is 2. The van der Waals surface area contributed by atoms with E-state index in [1.165, 1.54) is 18.3 Å². The molecule has 0 saturated carbocycles. The first-order valence-corrected chi connectivity index (χ1v) is 7.98. The lowest BCUT2D eigenvalue weighted by Gasteiger charge is -2.09. The topological polar surface area (TPSA) is 79.4 Å². The first-order valence-electron chi connectivity index (χ1n) is 7.61. The summed E-state index contributed by atoms with van der Waals surface area (Å²) < 4.78 is 19.8. The van der Waals surface area contributed by atoms with Crippen molar-refractivity contribution >= 4 is 23.0 Å². The maximum atomic E-state index is 14.3. The Labute approximate surface area is 153 Å². The molecule has 2 aromatic carbocycles. The highest BCUT2D eigenvalue weighted by Crippen LogP contribution is 2.25.